The standard InChI is InChI=1S/C13H13F2NO2/c14-13(15)12-10-4-2-1-3-8(10)5-6-9(16-12)7-11(17)18/h1-4,9,13H,5-7H2,(H,17,18). The number of aryl methyl sites for hydroxylation is 1. The van der Waals surface area contributed by atoms with Gasteiger partial charge in [0.15, 0.2) is 0 Å². The molecule has 0 radical (unpaired) electrons. The lowest BCUT2D eigenvalue weighted by molar-refractivity contribution is -0.137. The van der Waals surface area contributed by atoms with Crippen LogP contribution in [-0.2, 0) is 11.2 Å². The largest absolute Gasteiger partial charge is 0.481 e. The van der Waals surface area contributed by atoms with Gasteiger partial charge in [-0.3, -0.25) is 9.79 Å². The van der Waals surface area contributed by atoms with Crippen LogP contribution in [0.2, 0.25) is 0 Å². The smallest absolute Gasteiger partial charge is 0.305 e. The predicted molar refractivity (Wildman–Crippen MR) is 63.3 cm³/mol. The van der Waals surface area contributed by atoms with Crippen molar-refractivity contribution in [3.63, 3.8) is 0 Å². The third kappa shape index (κ3) is 2.72. The number of fused-ring (bicyclic) bond motifs is 1. The van der Waals surface area contributed by atoms with E-state index in [-0.39, 0.29) is 12.1 Å². The third-order valence-electron chi connectivity index (χ3n) is 2.98. The molecule has 0 bridgehead atoms. The van der Waals surface area contributed by atoms with Gasteiger partial charge < -0.3 is 5.11 Å². The van der Waals surface area contributed by atoms with Crippen molar-refractivity contribution >= 4 is 11.7 Å². The van der Waals surface area contributed by atoms with Crippen molar-refractivity contribution in [3.8, 4) is 0 Å². The predicted octanol–water partition coefficient (Wildman–Crippen LogP) is 2.53. The summed E-state index contributed by atoms with van der Waals surface area (Å²) >= 11 is 0. The van der Waals surface area contributed by atoms with Gasteiger partial charge in [-0.1, -0.05) is 24.3 Å². The second kappa shape index (κ2) is 5.25. The first-order valence-electron chi connectivity index (χ1n) is 5.74. The zero-order valence-corrected chi connectivity index (χ0v) is 9.64. The van der Waals surface area contributed by atoms with E-state index in [1.165, 1.54) is 0 Å². The van der Waals surface area contributed by atoms with Gasteiger partial charge >= 0.3 is 5.97 Å². The number of benzene rings is 1. The van der Waals surface area contributed by atoms with Crippen molar-refractivity contribution in [2.24, 2.45) is 4.99 Å². The van der Waals surface area contributed by atoms with E-state index in [1.54, 1.807) is 24.3 Å². The van der Waals surface area contributed by atoms with Crippen molar-refractivity contribution in [3.05, 3.63) is 35.4 Å². The van der Waals surface area contributed by atoms with Gasteiger partial charge in [0.2, 0.25) is 0 Å². The fourth-order valence-corrected chi connectivity index (χ4v) is 2.16. The topological polar surface area (TPSA) is 49.7 Å². The summed E-state index contributed by atoms with van der Waals surface area (Å²) in [5.41, 5.74) is 0.971. The summed E-state index contributed by atoms with van der Waals surface area (Å²) in [4.78, 5) is 14.6. The summed E-state index contributed by atoms with van der Waals surface area (Å²) in [6.07, 6.45) is -1.82. The third-order valence-corrected chi connectivity index (χ3v) is 2.98. The van der Waals surface area contributed by atoms with Crippen LogP contribution in [0, 0.1) is 0 Å². The highest BCUT2D eigenvalue weighted by atomic mass is 19.3. The lowest BCUT2D eigenvalue weighted by Gasteiger charge is -2.09. The minimum absolute atomic E-state index is 0.204. The number of carboxylic acids is 1. The first-order valence-corrected chi connectivity index (χ1v) is 5.74. The van der Waals surface area contributed by atoms with Crippen LogP contribution >= 0.6 is 0 Å². The van der Waals surface area contributed by atoms with Crippen LogP contribution in [0.5, 0.6) is 0 Å². The van der Waals surface area contributed by atoms with Crippen LogP contribution in [0.15, 0.2) is 29.3 Å². The Morgan fingerprint density at radius 1 is 1.44 bits per heavy atom. The van der Waals surface area contributed by atoms with Gasteiger partial charge in [0.25, 0.3) is 6.43 Å². The molecule has 18 heavy (non-hydrogen) atoms. The van der Waals surface area contributed by atoms with Crippen LogP contribution in [0.1, 0.15) is 24.0 Å². The number of aliphatic imine (C=N–C) groups is 1. The number of carboxylic acid groups (broad SMARTS) is 1. The first kappa shape index (κ1) is 12.7. The van der Waals surface area contributed by atoms with Gasteiger partial charge in [0.05, 0.1) is 12.5 Å². The maximum Gasteiger partial charge on any atom is 0.305 e. The van der Waals surface area contributed by atoms with E-state index in [0.29, 0.717) is 18.4 Å². The van der Waals surface area contributed by atoms with E-state index in [2.05, 4.69) is 4.99 Å². The summed E-state index contributed by atoms with van der Waals surface area (Å²) in [7, 11) is 0. The van der Waals surface area contributed by atoms with Gasteiger partial charge in [-0.15, -0.1) is 0 Å². The molecule has 1 aromatic rings. The fraction of sp³-hybridized carbons (Fsp3) is 0.385. The molecular weight excluding hydrogens is 240 g/mol. The van der Waals surface area contributed by atoms with Crippen molar-refractivity contribution in [1.29, 1.82) is 0 Å². The molecule has 1 atom stereocenters. The molecule has 5 heteroatoms. The average Bonchev–Trinajstić information content (AvgIpc) is 2.49. The Hall–Kier alpha value is -1.78. The van der Waals surface area contributed by atoms with E-state index < -0.39 is 18.4 Å². The molecule has 0 fully saturated rings. The molecule has 2 rings (SSSR count). The number of nitrogens with zero attached hydrogens (tertiary/aromatic N) is 1. The number of hydrogen-bond donors (Lipinski definition) is 1. The lowest BCUT2D eigenvalue weighted by Crippen LogP contribution is -2.17. The van der Waals surface area contributed by atoms with Gasteiger partial charge in [-0.2, -0.15) is 0 Å². The Bertz CT molecular complexity index is 486. The summed E-state index contributed by atoms with van der Waals surface area (Å²) in [6.45, 7) is 0. The first-order chi connectivity index (χ1) is 8.58. The number of alkyl halides is 2. The highest BCUT2D eigenvalue weighted by molar-refractivity contribution is 6.04. The van der Waals surface area contributed by atoms with Crippen LogP contribution in [0.25, 0.3) is 0 Å². The summed E-state index contributed by atoms with van der Waals surface area (Å²) in [6, 6.07) is 6.31. The van der Waals surface area contributed by atoms with E-state index in [0.717, 1.165) is 5.56 Å². The SMILES string of the molecule is O=C(O)CC1CCc2ccccc2C(C(F)F)=N1. The summed E-state index contributed by atoms with van der Waals surface area (Å²) < 4.78 is 26.0. The molecule has 0 aliphatic carbocycles. The number of rotatable bonds is 3. The molecule has 0 saturated heterocycles. The minimum Gasteiger partial charge on any atom is -0.481 e. The average molecular weight is 253 g/mol. The van der Waals surface area contributed by atoms with E-state index in [9.17, 15) is 13.6 Å². The van der Waals surface area contributed by atoms with E-state index >= 15 is 0 Å². The van der Waals surface area contributed by atoms with Crippen LogP contribution in [0.4, 0.5) is 8.78 Å². The second-order valence-electron chi connectivity index (χ2n) is 4.26. The molecule has 0 spiro atoms. The Morgan fingerprint density at radius 3 is 2.83 bits per heavy atom. The number of carbonyl (C=O) groups is 1. The van der Waals surface area contributed by atoms with Crippen LogP contribution in [-0.4, -0.2) is 29.3 Å². The quantitative estimate of drug-likeness (QED) is 0.899. The Labute approximate surface area is 103 Å². The molecule has 1 heterocycles. The molecule has 1 unspecified atom stereocenters. The van der Waals surface area contributed by atoms with Crippen molar-refractivity contribution < 1.29 is 18.7 Å². The highest BCUT2D eigenvalue weighted by Gasteiger charge is 2.25. The zero-order chi connectivity index (χ0) is 13.1. The van der Waals surface area contributed by atoms with Gasteiger partial charge in [0, 0.05) is 5.56 Å². The molecule has 96 valence electrons. The molecule has 3 nitrogen and oxygen atoms in total. The van der Waals surface area contributed by atoms with Crippen LogP contribution < -0.4 is 0 Å². The maximum absolute atomic E-state index is 13.0. The normalized spacial score (nSPS) is 19.1. The molecule has 0 saturated carbocycles. The number of halogens is 2. The Morgan fingerprint density at radius 2 is 2.17 bits per heavy atom. The molecule has 0 amide bonds. The fourth-order valence-electron chi connectivity index (χ4n) is 2.16. The highest BCUT2D eigenvalue weighted by Crippen LogP contribution is 2.23. The Balaban J connectivity index is 2.38. The molecule has 1 aliphatic heterocycles. The maximum atomic E-state index is 13.0. The number of hydrogen-bond acceptors (Lipinski definition) is 2. The van der Waals surface area contributed by atoms with E-state index in [1.807, 2.05) is 0 Å². The van der Waals surface area contributed by atoms with Gasteiger partial charge in [-0.25, -0.2) is 8.78 Å². The summed E-state index contributed by atoms with van der Waals surface area (Å²) in [5.74, 6) is -1.01. The van der Waals surface area contributed by atoms with Gasteiger partial charge in [-0.05, 0) is 18.4 Å². The minimum atomic E-state index is -2.68. The second-order valence-corrected chi connectivity index (χ2v) is 4.26. The Kier molecular flexibility index (Phi) is 3.69. The van der Waals surface area contributed by atoms with Crippen LogP contribution in [0.3, 0.4) is 0 Å². The van der Waals surface area contributed by atoms with E-state index in [4.69, 9.17) is 5.11 Å². The molecule has 1 N–H and O–H groups in total. The molecule has 1 aliphatic rings. The van der Waals surface area contributed by atoms with Gasteiger partial charge in [0.1, 0.15) is 5.71 Å². The molecule has 0 aromatic heterocycles. The van der Waals surface area contributed by atoms with Crippen molar-refractivity contribution in [2.45, 2.75) is 31.7 Å². The summed E-state index contributed by atoms with van der Waals surface area (Å²) in [5, 5.41) is 8.74. The zero-order valence-electron chi connectivity index (χ0n) is 9.64. The molecule has 1 aromatic carbocycles. The van der Waals surface area contributed by atoms with Crippen molar-refractivity contribution in [1.82, 2.24) is 0 Å². The number of aliphatic carboxylic acids is 1. The monoisotopic (exact) mass is 253 g/mol. The van der Waals surface area contributed by atoms with Crippen molar-refractivity contribution in [2.75, 3.05) is 0 Å². The molecular formula is C13H13F2NO2. The lowest BCUT2D eigenvalue weighted by atomic mass is 9.99.